The molecule has 1 rings (SSSR count). The van der Waals surface area contributed by atoms with Crippen LogP contribution in [0.25, 0.3) is 0 Å². The lowest BCUT2D eigenvalue weighted by Crippen LogP contribution is -1.97. The summed E-state index contributed by atoms with van der Waals surface area (Å²) in [7, 11) is 1.63. The number of rotatable bonds is 7. The minimum atomic E-state index is -0.698. The molecule has 0 fully saturated rings. The molecule has 0 amide bonds. The second-order valence-corrected chi connectivity index (χ2v) is 4.99. The molecule has 0 radical (unpaired) electrons. The Labute approximate surface area is 110 Å². The van der Waals surface area contributed by atoms with Crippen molar-refractivity contribution in [3.63, 3.8) is 0 Å². The highest BCUT2D eigenvalue weighted by atomic mass is 32.2. The van der Waals surface area contributed by atoms with Gasteiger partial charge in [-0.25, -0.2) is 0 Å². The second kappa shape index (κ2) is 7.35. The van der Waals surface area contributed by atoms with Gasteiger partial charge in [-0.15, -0.1) is 11.8 Å². The Bertz CT molecular complexity index is 409. The molecular formula is C12H17NO4S. The Hall–Kier alpha value is -1.11. The Balaban J connectivity index is 2.80. The van der Waals surface area contributed by atoms with E-state index in [1.54, 1.807) is 26.2 Å². The van der Waals surface area contributed by atoms with Crippen molar-refractivity contribution in [3.05, 3.63) is 33.9 Å². The van der Waals surface area contributed by atoms with Gasteiger partial charge in [-0.2, -0.15) is 0 Å². The van der Waals surface area contributed by atoms with Crippen LogP contribution in [0.1, 0.15) is 25.0 Å². The zero-order valence-electron chi connectivity index (χ0n) is 10.5. The minimum Gasteiger partial charge on any atom is -0.389 e. The summed E-state index contributed by atoms with van der Waals surface area (Å²) in [6.07, 6.45) is 0.146. The minimum absolute atomic E-state index is 0.0517. The van der Waals surface area contributed by atoms with Crippen LogP contribution in [0.2, 0.25) is 0 Å². The topological polar surface area (TPSA) is 72.6 Å². The van der Waals surface area contributed by atoms with E-state index >= 15 is 0 Å². The van der Waals surface area contributed by atoms with E-state index in [1.165, 1.54) is 17.8 Å². The first kappa shape index (κ1) is 14.9. The summed E-state index contributed by atoms with van der Waals surface area (Å²) in [4.78, 5) is 11.2. The average Bonchev–Trinajstić information content (AvgIpc) is 2.34. The first-order valence-corrected chi connectivity index (χ1v) is 6.63. The fourth-order valence-electron chi connectivity index (χ4n) is 1.44. The lowest BCUT2D eigenvalue weighted by atomic mass is 10.1. The highest BCUT2D eigenvalue weighted by molar-refractivity contribution is 7.99. The van der Waals surface area contributed by atoms with Crippen LogP contribution in [0.15, 0.2) is 23.1 Å². The molecule has 1 aromatic carbocycles. The normalized spacial score (nSPS) is 12.4. The van der Waals surface area contributed by atoms with Gasteiger partial charge in [0, 0.05) is 25.5 Å². The molecule has 0 bridgehead atoms. The largest absolute Gasteiger partial charge is 0.389 e. The molecule has 1 atom stereocenters. The molecular weight excluding hydrogens is 254 g/mol. The molecule has 0 heterocycles. The zero-order valence-corrected chi connectivity index (χ0v) is 11.3. The molecule has 0 aliphatic heterocycles. The number of nitrogens with zero attached hydrogens (tertiary/aromatic N) is 1. The highest BCUT2D eigenvalue weighted by Crippen LogP contribution is 2.32. The summed E-state index contributed by atoms with van der Waals surface area (Å²) in [5.74, 6) is 0.767. The summed E-state index contributed by atoms with van der Waals surface area (Å²) >= 11 is 1.43. The molecule has 0 aromatic heterocycles. The van der Waals surface area contributed by atoms with Gasteiger partial charge in [-0.3, -0.25) is 10.1 Å². The Morgan fingerprint density at radius 3 is 2.83 bits per heavy atom. The molecule has 0 aliphatic rings. The van der Waals surface area contributed by atoms with E-state index in [4.69, 9.17) is 4.74 Å². The maximum Gasteiger partial charge on any atom is 0.283 e. The second-order valence-electron chi connectivity index (χ2n) is 3.86. The number of benzene rings is 1. The van der Waals surface area contributed by atoms with Crippen LogP contribution in [0, 0.1) is 10.1 Å². The lowest BCUT2D eigenvalue weighted by Gasteiger charge is -2.07. The van der Waals surface area contributed by atoms with Crippen molar-refractivity contribution in [2.24, 2.45) is 0 Å². The molecule has 1 N–H and O–H groups in total. The zero-order chi connectivity index (χ0) is 13.5. The number of ether oxygens (including phenoxy) is 1. The van der Waals surface area contributed by atoms with Gasteiger partial charge in [0.15, 0.2) is 0 Å². The van der Waals surface area contributed by atoms with Gasteiger partial charge in [0.25, 0.3) is 5.69 Å². The van der Waals surface area contributed by atoms with Crippen LogP contribution in [0.5, 0.6) is 0 Å². The molecule has 0 unspecified atom stereocenters. The van der Waals surface area contributed by atoms with E-state index in [0.29, 0.717) is 17.1 Å². The quantitative estimate of drug-likeness (QED) is 0.357. The van der Waals surface area contributed by atoms with Gasteiger partial charge in [-0.05, 0) is 25.0 Å². The van der Waals surface area contributed by atoms with Gasteiger partial charge in [0.1, 0.15) is 0 Å². The molecule has 0 saturated carbocycles. The fraction of sp³-hybridized carbons (Fsp3) is 0.500. The van der Waals surface area contributed by atoms with Crippen LogP contribution >= 0.6 is 11.8 Å². The highest BCUT2D eigenvalue weighted by Gasteiger charge is 2.16. The molecule has 1 aromatic rings. The van der Waals surface area contributed by atoms with Gasteiger partial charge >= 0.3 is 0 Å². The van der Waals surface area contributed by atoms with E-state index in [0.717, 1.165) is 12.2 Å². The van der Waals surface area contributed by atoms with E-state index in [2.05, 4.69) is 0 Å². The maximum absolute atomic E-state index is 11.0. The maximum atomic E-state index is 11.0. The smallest absolute Gasteiger partial charge is 0.283 e. The first-order chi connectivity index (χ1) is 8.56. The van der Waals surface area contributed by atoms with E-state index in [-0.39, 0.29) is 5.69 Å². The van der Waals surface area contributed by atoms with Crippen LogP contribution in [0.3, 0.4) is 0 Å². The van der Waals surface area contributed by atoms with Crippen molar-refractivity contribution in [2.45, 2.75) is 24.3 Å². The van der Waals surface area contributed by atoms with Crippen molar-refractivity contribution in [2.75, 3.05) is 19.5 Å². The van der Waals surface area contributed by atoms with Crippen molar-refractivity contribution in [1.29, 1.82) is 0 Å². The molecule has 0 aliphatic carbocycles. The summed E-state index contributed by atoms with van der Waals surface area (Å²) in [6, 6.07) is 4.84. The van der Waals surface area contributed by atoms with Crippen molar-refractivity contribution in [1.82, 2.24) is 0 Å². The van der Waals surface area contributed by atoms with Crippen molar-refractivity contribution in [3.8, 4) is 0 Å². The Kier molecular flexibility index (Phi) is 6.11. The molecule has 0 spiro atoms. The van der Waals surface area contributed by atoms with Gasteiger partial charge in [-0.1, -0.05) is 6.07 Å². The fourth-order valence-corrected chi connectivity index (χ4v) is 2.37. The third-order valence-electron chi connectivity index (χ3n) is 2.41. The summed E-state index contributed by atoms with van der Waals surface area (Å²) in [5.41, 5.74) is 0.610. The standard InChI is InChI=1S/C12H17NO4S/c1-9(14)10-4-5-12(11(8-10)13(15)16)18-7-3-6-17-2/h4-5,8-9,14H,3,6-7H2,1-2H3/t9-/m0/s1. The van der Waals surface area contributed by atoms with Crippen LogP contribution < -0.4 is 0 Å². The number of hydrogen-bond acceptors (Lipinski definition) is 5. The van der Waals surface area contributed by atoms with E-state index < -0.39 is 11.0 Å². The third kappa shape index (κ3) is 4.29. The average molecular weight is 271 g/mol. The van der Waals surface area contributed by atoms with E-state index in [9.17, 15) is 15.2 Å². The number of thioether (sulfide) groups is 1. The SMILES string of the molecule is COCCCSc1ccc([C@H](C)O)cc1[N+](=O)[O-]. The Morgan fingerprint density at radius 2 is 2.28 bits per heavy atom. The monoisotopic (exact) mass is 271 g/mol. The van der Waals surface area contributed by atoms with Gasteiger partial charge in [0.05, 0.1) is 15.9 Å². The first-order valence-electron chi connectivity index (χ1n) is 5.64. The number of aliphatic hydroxyl groups excluding tert-OH is 1. The molecule has 5 nitrogen and oxygen atoms in total. The summed E-state index contributed by atoms with van der Waals surface area (Å²) < 4.78 is 4.93. The van der Waals surface area contributed by atoms with Crippen LogP contribution in [-0.4, -0.2) is 29.5 Å². The van der Waals surface area contributed by atoms with Gasteiger partial charge in [0.2, 0.25) is 0 Å². The number of aliphatic hydroxyl groups is 1. The van der Waals surface area contributed by atoms with Crippen molar-refractivity contribution < 1.29 is 14.8 Å². The lowest BCUT2D eigenvalue weighted by molar-refractivity contribution is -0.387. The molecule has 18 heavy (non-hydrogen) atoms. The molecule has 6 heteroatoms. The Morgan fingerprint density at radius 1 is 1.56 bits per heavy atom. The number of nitro benzene ring substituents is 1. The summed E-state index contributed by atoms with van der Waals surface area (Å²) in [6.45, 7) is 2.23. The van der Waals surface area contributed by atoms with Crippen LogP contribution in [-0.2, 0) is 4.74 Å². The number of hydrogen-bond donors (Lipinski definition) is 1. The number of methoxy groups -OCH3 is 1. The van der Waals surface area contributed by atoms with Crippen molar-refractivity contribution >= 4 is 17.4 Å². The van der Waals surface area contributed by atoms with Crippen LogP contribution in [0.4, 0.5) is 5.69 Å². The summed E-state index contributed by atoms with van der Waals surface area (Å²) in [5, 5.41) is 20.4. The predicted molar refractivity (Wildman–Crippen MR) is 70.9 cm³/mol. The number of nitro groups is 1. The third-order valence-corrected chi connectivity index (χ3v) is 3.56. The molecule has 0 saturated heterocycles. The van der Waals surface area contributed by atoms with E-state index in [1.807, 2.05) is 0 Å². The molecule has 100 valence electrons. The van der Waals surface area contributed by atoms with Gasteiger partial charge < -0.3 is 9.84 Å². The predicted octanol–water partition coefficient (Wildman–Crippen LogP) is 2.78.